The minimum Gasteiger partial charge on any atom is -0.332 e. The first kappa shape index (κ1) is 17.6. The molecule has 27 heavy (non-hydrogen) atoms. The van der Waals surface area contributed by atoms with Gasteiger partial charge in [0.15, 0.2) is 0 Å². The van der Waals surface area contributed by atoms with E-state index in [0.717, 1.165) is 24.1 Å². The number of aryl methyl sites for hydroxylation is 2. The van der Waals surface area contributed by atoms with Crippen molar-refractivity contribution in [3.63, 3.8) is 0 Å². The predicted molar refractivity (Wildman–Crippen MR) is 96.8 cm³/mol. The molecule has 7 heteroatoms. The fourth-order valence-corrected chi connectivity index (χ4v) is 3.91. The van der Waals surface area contributed by atoms with Gasteiger partial charge in [-0.05, 0) is 50.5 Å². The Labute approximate surface area is 157 Å². The zero-order chi connectivity index (χ0) is 19.1. The summed E-state index contributed by atoms with van der Waals surface area (Å²) in [5.41, 5.74) is 1.98. The van der Waals surface area contributed by atoms with Gasteiger partial charge in [-0.25, -0.2) is 14.4 Å². The number of nitrogens with zero attached hydrogens (tertiary/aromatic N) is 4. The van der Waals surface area contributed by atoms with E-state index in [0.29, 0.717) is 18.8 Å². The van der Waals surface area contributed by atoms with Crippen LogP contribution in [-0.4, -0.2) is 56.8 Å². The van der Waals surface area contributed by atoms with Gasteiger partial charge in [0.25, 0.3) is 11.8 Å². The summed E-state index contributed by atoms with van der Waals surface area (Å²) < 4.78 is 14.2. The zero-order valence-corrected chi connectivity index (χ0v) is 15.4. The molecule has 0 N–H and O–H groups in total. The number of fused-ring (bicyclic) bond motifs is 1. The van der Waals surface area contributed by atoms with Crippen LogP contribution in [0.5, 0.6) is 0 Å². The lowest BCUT2D eigenvalue weighted by atomic mass is 9.81. The van der Waals surface area contributed by atoms with E-state index in [-0.39, 0.29) is 29.5 Å². The quantitative estimate of drug-likeness (QED) is 0.816. The minimum absolute atomic E-state index is 0.0426. The van der Waals surface area contributed by atoms with Crippen molar-refractivity contribution in [3.05, 3.63) is 58.9 Å². The van der Waals surface area contributed by atoms with E-state index in [2.05, 4.69) is 9.97 Å². The van der Waals surface area contributed by atoms with Gasteiger partial charge in [-0.1, -0.05) is 6.07 Å². The molecule has 4 rings (SSSR count). The van der Waals surface area contributed by atoms with Crippen LogP contribution in [-0.2, 0) is 0 Å². The van der Waals surface area contributed by atoms with E-state index in [1.54, 1.807) is 34.9 Å². The SMILES string of the molecule is Cc1ccc(C(=O)N2CCN(C(=O)c3cc(C)ncn3)[C@@H]3CC[C@H]32)c(F)c1. The van der Waals surface area contributed by atoms with Crippen molar-refractivity contribution in [1.29, 1.82) is 0 Å². The molecule has 2 atom stereocenters. The standard InChI is InChI=1S/C20H21FN4O2/c1-12-3-4-14(15(21)9-12)19(26)24-7-8-25(18-6-5-17(18)24)20(27)16-10-13(2)22-11-23-16/h3-4,9-11,17-18H,5-8H2,1-2H3/t17-,18-/m1/s1. The van der Waals surface area contributed by atoms with Crippen molar-refractivity contribution in [2.75, 3.05) is 13.1 Å². The second kappa shape index (κ2) is 6.72. The lowest BCUT2D eigenvalue weighted by Crippen LogP contribution is -2.67. The van der Waals surface area contributed by atoms with E-state index < -0.39 is 5.82 Å². The summed E-state index contributed by atoms with van der Waals surface area (Å²) in [6.07, 6.45) is 3.04. The van der Waals surface area contributed by atoms with E-state index >= 15 is 0 Å². The Hall–Kier alpha value is -2.83. The van der Waals surface area contributed by atoms with Crippen molar-refractivity contribution < 1.29 is 14.0 Å². The zero-order valence-electron chi connectivity index (χ0n) is 15.4. The lowest BCUT2D eigenvalue weighted by Gasteiger charge is -2.53. The van der Waals surface area contributed by atoms with Gasteiger partial charge in [0, 0.05) is 18.8 Å². The largest absolute Gasteiger partial charge is 0.332 e. The highest BCUT2D eigenvalue weighted by molar-refractivity contribution is 5.96. The van der Waals surface area contributed by atoms with Crippen LogP contribution in [0.15, 0.2) is 30.6 Å². The molecule has 0 bridgehead atoms. The summed E-state index contributed by atoms with van der Waals surface area (Å²) in [6.45, 7) is 4.42. The Morgan fingerprint density at radius 2 is 1.67 bits per heavy atom. The van der Waals surface area contributed by atoms with Gasteiger partial charge in [0.1, 0.15) is 17.8 Å². The Balaban J connectivity index is 1.53. The maximum Gasteiger partial charge on any atom is 0.272 e. The monoisotopic (exact) mass is 368 g/mol. The van der Waals surface area contributed by atoms with Gasteiger partial charge in [-0.15, -0.1) is 0 Å². The van der Waals surface area contributed by atoms with E-state index in [1.807, 2.05) is 6.92 Å². The number of carbonyl (C=O) groups excluding carboxylic acids is 2. The van der Waals surface area contributed by atoms with Crippen LogP contribution in [0.3, 0.4) is 0 Å². The maximum absolute atomic E-state index is 14.2. The molecule has 2 heterocycles. The number of aromatic nitrogens is 2. The van der Waals surface area contributed by atoms with Gasteiger partial charge >= 0.3 is 0 Å². The highest BCUT2D eigenvalue weighted by Gasteiger charge is 2.47. The summed E-state index contributed by atoms with van der Waals surface area (Å²) in [7, 11) is 0. The van der Waals surface area contributed by atoms with Crippen molar-refractivity contribution >= 4 is 11.8 Å². The molecule has 0 spiro atoms. The molecule has 1 aliphatic carbocycles. The number of halogens is 1. The average Bonchev–Trinajstić information content (AvgIpc) is 2.61. The Kier molecular flexibility index (Phi) is 4.37. The average molecular weight is 368 g/mol. The van der Waals surface area contributed by atoms with Crippen molar-refractivity contribution in [1.82, 2.24) is 19.8 Å². The molecule has 0 radical (unpaired) electrons. The number of carbonyl (C=O) groups is 2. The first-order chi connectivity index (χ1) is 13.0. The second-order valence-corrected chi connectivity index (χ2v) is 7.24. The summed E-state index contributed by atoms with van der Waals surface area (Å²) in [5, 5.41) is 0. The van der Waals surface area contributed by atoms with Crippen LogP contribution in [0, 0.1) is 19.7 Å². The number of hydrogen-bond acceptors (Lipinski definition) is 4. The van der Waals surface area contributed by atoms with Crippen LogP contribution >= 0.6 is 0 Å². The fourth-order valence-electron chi connectivity index (χ4n) is 3.91. The van der Waals surface area contributed by atoms with Crippen LogP contribution in [0.25, 0.3) is 0 Å². The lowest BCUT2D eigenvalue weighted by molar-refractivity contribution is -0.0192. The normalized spacial score (nSPS) is 21.4. The number of piperazine rings is 1. The maximum atomic E-state index is 14.2. The minimum atomic E-state index is -0.495. The summed E-state index contributed by atoms with van der Waals surface area (Å²) in [4.78, 5) is 37.4. The molecule has 140 valence electrons. The third-order valence-corrected chi connectivity index (χ3v) is 5.48. The number of benzene rings is 1. The molecule has 0 unspecified atom stereocenters. The van der Waals surface area contributed by atoms with Crippen LogP contribution in [0.4, 0.5) is 4.39 Å². The first-order valence-corrected chi connectivity index (χ1v) is 9.12. The highest BCUT2D eigenvalue weighted by atomic mass is 19.1. The molecular weight excluding hydrogens is 347 g/mol. The molecule has 1 saturated carbocycles. The molecule has 1 aromatic carbocycles. The summed E-state index contributed by atoms with van der Waals surface area (Å²) in [6, 6.07) is 6.23. The van der Waals surface area contributed by atoms with Crippen LogP contribution in [0.2, 0.25) is 0 Å². The summed E-state index contributed by atoms with van der Waals surface area (Å²) in [5.74, 6) is -0.929. The number of hydrogen-bond donors (Lipinski definition) is 0. The van der Waals surface area contributed by atoms with Crippen molar-refractivity contribution in [2.24, 2.45) is 0 Å². The molecule has 1 aliphatic heterocycles. The van der Waals surface area contributed by atoms with Gasteiger partial charge in [0.2, 0.25) is 0 Å². The van der Waals surface area contributed by atoms with Crippen molar-refractivity contribution in [3.8, 4) is 0 Å². The van der Waals surface area contributed by atoms with Gasteiger partial charge in [0.05, 0.1) is 17.6 Å². The van der Waals surface area contributed by atoms with Crippen LogP contribution < -0.4 is 0 Å². The van der Waals surface area contributed by atoms with E-state index in [9.17, 15) is 14.0 Å². The van der Waals surface area contributed by atoms with Gasteiger partial charge in [-0.2, -0.15) is 0 Å². The van der Waals surface area contributed by atoms with Crippen molar-refractivity contribution in [2.45, 2.75) is 38.8 Å². The topological polar surface area (TPSA) is 66.4 Å². The molecule has 2 aromatic rings. The number of amides is 2. The van der Waals surface area contributed by atoms with Crippen LogP contribution in [0.1, 0.15) is 44.9 Å². The molecule has 1 saturated heterocycles. The Bertz CT molecular complexity index is 917. The van der Waals surface area contributed by atoms with E-state index in [4.69, 9.17) is 0 Å². The van der Waals surface area contributed by atoms with Gasteiger partial charge < -0.3 is 9.80 Å². The summed E-state index contributed by atoms with van der Waals surface area (Å²) >= 11 is 0. The predicted octanol–water partition coefficient (Wildman–Crippen LogP) is 2.36. The first-order valence-electron chi connectivity index (χ1n) is 9.12. The molecule has 1 aromatic heterocycles. The highest BCUT2D eigenvalue weighted by Crippen LogP contribution is 2.35. The molecule has 6 nitrogen and oxygen atoms in total. The van der Waals surface area contributed by atoms with E-state index in [1.165, 1.54) is 12.4 Å². The smallest absolute Gasteiger partial charge is 0.272 e. The Morgan fingerprint density at radius 3 is 2.26 bits per heavy atom. The molecule has 2 aliphatic rings. The third kappa shape index (κ3) is 3.07. The third-order valence-electron chi connectivity index (χ3n) is 5.48. The fraction of sp³-hybridized carbons (Fsp3) is 0.400. The molecular formula is C20H21FN4O2. The molecule has 2 amide bonds. The number of rotatable bonds is 2. The Morgan fingerprint density at radius 1 is 1.00 bits per heavy atom. The van der Waals surface area contributed by atoms with Gasteiger partial charge in [-0.3, -0.25) is 9.59 Å². The molecule has 2 fully saturated rings. The second-order valence-electron chi connectivity index (χ2n) is 7.24.